The van der Waals surface area contributed by atoms with Crippen LogP contribution in [0.4, 0.5) is 15.8 Å². The second-order valence-electron chi connectivity index (χ2n) is 6.51. The summed E-state index contributed by atoms with van der Waals surface area (Å²) in [4.78, 5) is 36.4. The molecule has 0 saturated carbocycles. The first kappa shape index (κ1) is 20.8. The van der Waals surface area contributed by atoms with Gasteiger partial charge in [0, 0.05) is 11.4 Å². The average Bonchev–Trinajstić information content (AvgIpc) is 3.26. The van der Waals surface area contributed by atoms with E-state index in [9.17, 15) is 18.8 Å². The summed E-state index contributed by atoms with van der Waals surface area (Å²) >= 11 is 0. The fourth-order valence-electron chi connectivity index (χ4n) is 2.49. The van der Waals surface area contributed by atoms with Gasteiger partial charge in [-0.15, -0.1) is 0 Å². The normalized spacial score (nSPS) is 11.4. The van der Waals surface area contributed by atoms with Crippen LogP contribution in [0.3, 0.4) is 0 Å². The van der Waals surface area contributed by atoms with Gasteiger partial charge in [0.2, 0.25) is 0 Å². The van der Waals surface area contributed by atoms with Gasteiger partial charge in [-0.05, 0) is 67.9 Å². The number of aryl methyl sites for hydroxylation is 1. The van der Waals surface area contributed by atoms with E-state index in [-0.39, 0.29) is 17.0 Å². The summed E-state index contributed by atoms with van der Waals surface area (Å²) in [7, 11) is 0. The van der Waals surface area contributed by atoms with Crippen LogP contribution in [0.1, 0.15) is 33.4 Å². The molecule has 7 nitrogen and oxygen atoms in total. The Kier molecular flexibility index (Phi) is 6.26. The highest BCUT2D eigenvalue weighted by molar-refractivity contribution is 6.02. The molecule has 30 heavy (non-hydrogen) atoms. The van der Waals surface area contributed by atoms with Crippen molar-refractivity contribution < 1.29 is 27.9 Å². The van der Waals surface area contributed by atoms with Gasteiger partial charge in [-0.1, -0.05) is 6.07 Å². The van der Waals surface area contributed by atoms with Gasteiger partial charge in [0.05, 0.1) is 11.8 Å². The van der Waals surface area contributed by atoms with Gasteiger partial charge in [-0.2, -0.15) is 0 Å². The molecule has 0 unspecified atom stereocenters. The second-order valence-corrected chi connectivity index (χ2v) is 6.51. The maximum atomic E-state index is 13.6. The average molecular weight is 410 g/mol. The molecule has 0 bridgehead atoms. The van der Waals surface area contributed by atoms with E-state index in [0.29, 0.717) is 11.3 Å². The van der Waals surface area contributed by atoms with Crippen LogP contribution in [-0.4, -0.2) is 23.9 Å². The lowest BCUT2D eigenvalue weighted by Crippen LogP contribution is -2.30. The van der Waals surface area contributed by atoms with Crippen molar-refractivity contribution in [3.8, 4) is 0 Å². The van der Waals surface area contributed by atoms with Gasteiger partial charge in [0.25, 0.3) is 11.8 Å². The lowest BCUT2D eigenvalue weighted by Gasteiger charge is -2.14. The Bertz CT molecular complexity index is 1060. The molecule has 2 amide bonds. The first-order valence-corrected chi connectivity index (χ1v) is 9.06. The molecule has 1 aromatic heterocycles. The first-order valence-electron chi connectivity index (χ1n) is 9.06. The zero-order valence-electron chi connectivity index (χ0n) is 16.3. The fourth-order valence-corrected chi connectivity index (χ4v) is 2.49. The Balaban J connectivity index is 1.56. The molecule has 2 aromatic carbocycles. The van der Waals surface area contributed by atoms with E-state index in [2.05, 4.69) is 10.6 Å². The number of carbonyl (C=O) groups is 3. The number of carbonyl (C=O) groups excluding carboxylic acids is 3. The standard InChI is InChI=1S/C22H19FN2O5/c1-13-5-8-17(12-18(13)23)25-20(26)14(2)30-22(28)15-6-9-16(10-7-15)24-21(27)19-4-3-11-29-19/h3-12,14H,1-2H3,(H,24,27)(H,25,26)/t14-/m0/s1. The maximum Gasteiger partial charge on any atom is 0.338 e. The molecule has 0 saturated heterocycles. The van der Waals surface area contributed by atoms with Crippen LogP contribution in [0.15, 0.2) is 65.3 Å². The number of furan rings is 1. The van der Waals surface area contributed by atoms with Crippen LogP contribution < -0.4 is 10.6 Å². The van der Waals surface area contributed by atoms with E-state index in [0.717, 1.165) is 0 Å². The summed E-state index contributed by atoms with van der Waals surface area (Å²) in [5.41, 5.74) is 1.38. The van der Waals surface area contributed by atoms with Crippen molar-refractivity contribution >= 4 is 29.2 Å². The van der Waals surface area contributed by atoms with Crippen molar-refractivity contribution in [2.45, 2.75) is 20.0 Å². The van der Waals surface area contributed by atoms with E-state index in [1.807, 2.05) is 0 Å². The Morgan fingerprint density at radius 3 is 2.33 bits per heavy atom. The smallest absolute Gasteiger partial charge is 0.338 e. The van der Waals surface area contributed by atoms with Crippen LogP contribution in [0.2, 0.25) is 0 Å². The molecule has 2 N–H and O–H groups in total. The summed E-state index contributed by atoms with van der Waals surface area (Å²) in [5, 5.41) is 5.12. The molecule has 154 valence electrons. The Labute approximate surface area is 171 Å². The molecule has 0 fully saturated rings. The quantitative estimate of drug-likeness (QED) is 0.595. The lowest BCUT2D eigenvalue weighted by molar-refractivity contribution is -0.123. The number of rotatable bonds is 6. The minimum absolute atomic E-state index is 0.159. The highest BCUT2D eigenvalue weighted by atomic mass is 19.1. The summed E-state index contributed by atoms with van der Waals surface area (Å²) < 4.78 is 23.7. The van der Waals surface area contributed by atoms with E-state index in [1.54, 1.807) is 19.1 Å². The van der Waals surface area contributed by atoms with Gasteiger partial charge < -0.3 is 19.8 Å². The van der Waals surface area contributed by atoms with Crippen molar-refractivity contribution in [3.05, 3.63) is 83.6 Å². The Hall–Kier alpha value is -3.94. The third-order valence-corrected chi connectivity index (χ3v) is 4.22. The third-order valence-electron chi connectivity index (χ3n) is 4.22. The first-order chi connectivity index (χ1) is 14.3. The molecule has 0 aliphatic heterocycles. The molecule has 0 aliphatic carbocycles. The number of esters is 1. The van der Waals surface area contributed by atoms with Gasteiger partial charge in [0.1, 0.15) is 5.82 Å². The molecule has 8 heteroatoms. The number of ether oxygens (including phenoxy) is 1. The number of nitrogens with one attached hydrogen (secondary N) is 2. The fraction of sp³-hybridized carbons (Fsp3) is 0.136. The number of benzene rings is 2. The third kappa shape index (κ3) is 5.11. The largest absolute Gasteiger partial charge is 0.459 e. The van der Waals surface area contributed by atoms with Crippen LogP contribution in [0, 0.1) is 12.7 Å². The summed E-state index contributed by atoms with van der Waals surface area (Å²) in [6.07, 6.45) is 0.293. The monoisotopic (exact) mass is 410 g/mol. The summed E-state index contributed by atoms with van der Waals surface area (Å²) in [6.45, 7) is 3.02. The van der Waals surface area contributed by atoms with Gasteiger partial charge in [-0.3, -0.25) is 9.59 Å². The molecule has 0 aliphatic rings. The van der Waals surface area contributed by atoms with E-state index >= 15 is 0 Å². The van der Waals surface area contributed by atoms with Crippen LogP contribution in [-0.2, 0) is 9.53 Å². The van der Waals surface area contributed by atoms with E-state index < -0.39 is 29.7 Å². The minimum Gasteiger partial charge on any atom is -0.459 e. The molecule has 0 radical (unpaired) electrons. The predicted molar refractivity (Wildman–Crippen MR) is 108 cm³/mol. The SMILES string of the molecule is Cc1ccc(NC(=O)[C@H](C)OC(=O)c2ccc(NC(=O)c3ccco3)cc2)cc1F. The number of hydrogen-bond acceptors (Lipinski definition) is 5. The number of halogens is 1. The zero-order chi connectivity index (χ0) is 21.7. The van der Waals surface area contributed by atoms with Gasteiger partial charge in [0.15, 0.2) is 11.9 Å². The van der Waals surface area contributed by atoms with Crippen molar-refractivity contribution in [3.63, 3.8) is 0 Å². The van der Waals surface area contributed by atoms with Crippen molar-refractivity contribution in [1.29, 1.82) is 0 Å². The zero-order valence-corrected chi connectivity index (χ0v) is 16.3. The Morgan fingerprint density at radius 2 is 1.70 bits per heavy atom. The highest BCUT2D eigenvalue weighted by Gasteiger charge is 2.19. The Morgan fingerprint density at radius 1 is 1.00 bits per heavy atom. The number of anilines is 2. The topological polar surface area (TPSA) is 97.6 Å². The maximum absolute atomic E-state index is 13.6. The van der Waals surface area contributed by atoms with Crippen LogP contribution in [0.5, 0.6) is 0 Å². The molecule has 1 atom stereocenters. The number of amides is 2. The van der Waals surface area contributed by atoms with E-state index in [4.69, 9.17) is 9.15 Å². The van der Waals surface area contributed by atoms with Crippen molar-refractivity contribution in [2.75, 3.05) is 10.6 Å². The van der Waals surface area contributed by atoms with Crippen molar-refractivity contribution in [2.24, 2.45) is 0 Å². The second kappa shape index (κ2) is 9.04. The lowest BCUT2D eigenvalue weighted by atomic mass is 10.2. The van der Waals surface area contributed by atoms with Crippen LogP contribution >= 0.6 is 0 Å². The van der Waals surface area contributed by atoms with E-state index in [1.165, 1.54) is 55.7 Å². The summed E-state index contributed by atoms with van der Waals surface area (Å²) in [5.74, 6) is -2.01. The number of hydrogen-bond donors (Lipinski definition) is 2. The summed E-state index contributed by atoms with van der Waals surface area (Å²) in [6, 6.07) is 13.4. The van der Waals surface area contributed by atoms with Gasteiger partial charge >= 0.3 is 5.97 Å². The molecule has 0 spiro atoms. The molecule has 3 aromatic rings. The molecular formula is C22H19FN2O5. The molecular weight excluding hydrogens is 391 g/mol. The highest BCUT2D eigenvalue weighted by Crippen LogP contribution is 2.16. The van der Waals surface area contributed by atoms with Crippen LogP contribution in [0.25, 0.3) is 0 Å². The minimum atomic E-state index is -1.10. The van der Waals surface area contributed by atoms with Crippen molar-refractivity contribution in [1.82, 2.24) is 0 Å². The van der Waals surface area contributed by atoms with Gasteiger partial charge in [-0.25, -0.2) is 9.18 Å². The molecule has 3 rings (SSSR count). The molecule has 1 heterocycles. The predicted octanol–water partition coefficient (Wildman–Crippen LogP) is 4.16.